The van der Waals surface area contributed by atoms with Crippen LogP contribution in [-0.2, 0) is 9.59 Å². The number of likely N-dealkylation sites (N-methyl/N-ethyl adjacent to an activating group) is 1. The maximum Gasteiger partial charge on any atom is 0.316 e. The summed E-state index contributed by atoms with van der Waals surface area (Å²) in [5, 5.41) is 2.75. The number of amides is 2. The molecule has 5 heteroatoms. The van der Waals surface area contributed by atoms with E-state index in [1.807, 2.05) is 62.4 Å². The minimum Gasteiger partial charge on any atom is -0.372 e. The molecule has 0 bridgehead atoms. The Morgan fingerprint density at radius 1 is 0.885 bits per heavy atom. The highest BCUT2D eigenvalue weighted by atomic mass is 16.2. The second-order valence-electron chi connectivity index (χ2n) is 6.01. The molecular formula is C21H27N3O2. The van der Waals surface area contributed by atoms with Crippen LogP contribution < -0.4 is 15.1 Å². The largest absolute Gasteiger partial charge is 0.372 e. The molecule has 0 saturated carbocycles. The Balaban J connectivity index is 2.15. The van der Waals surface area contributed by atoms with Crippen LogP contribution in [0.15, 0.2) is 48.5 Å². The third-order valence-corrected chi connectivity index (χ3v) is 4.41. The van der Waals surface area contributed by atoms with Crippen LogP contribution in [0, 0.1) is 6.92 Å². The third kappa shape index (κ3) is 4.42. The zero-order valence-electron chi connectivity index (χ0n) is 16.0. The van der Waals surface area contributed by atoms with E-state index in [0.29, 0.717) is 17.9 Å². The summed E-state index contributed by atoms with van der Waals surface area (Å²) < 4.78 is 0. The molecule has 0 atom stereocenters. The number of nitrogens with one attached hydrogen (secondary N) is 1. The van der Waals surface area contributed by atoms with Gasteiger partial charge in [-0.2, -0.15) is 0 Å². The lowest BCUT2D eigenvalue weighted by Crippen LogP contribution is -2.39. The molecule has 2 amide bonds. The highest BCUT2D eigenvalue weighted by Gasteiger charge is 2.22. The molecule has 0 fully saturated rings. The van der Waals surface area contributed by atoms with Crippen LogP contribution in [0.3, 0.4) is 0 Å². The van der Waals surface area contributed by atoms with E-state index >= 15 is 0 Å². The van der Waals surface area contributed by atoms with Crippen LogP contribution in [0.2, 0.25) is 0 Å². The first kappa shape index (κ1) is 19.5. The maximum atomic E-state index is 12.6. The van der Waals surface area contributed by atoms with Gasteiger partial charge in [0.1, 0.15) is 0 Å². The molecule has 0 aliphatic rings. The van der Waals surface area contributed by atoms with Crippen molar-refractivity contribution < 1.29 is 9.59 Å². The van der Waals surface area contributed by atoms with E-state index in [0.717, 1.165) is 24.3 Å². The lowest BCUT2D eigenvalue weighted by atomic mass is 10.1. The van der Waals surface area contributed by atoms with Gasteiger partial charge >= 0.3 is 11.8 Å². The molecule has 2 aromatic carbocycles. The van der Waals surface area contributed by atoms with Gasteiger partial charge in [0.25, 0.3) is 0 Å². The number of benzene rings is 2. The van der Waals surface area contributed by atoms with Gasteiger partial charge in [0.05, 0.1) is 0 Å². The van der Waals surface area contributed by atoms with Crippen LogP contribution in [0.4, 0.5) is 17.1 Å². The van der Waals surface area contributed by atoms with Gasteiger partial charge in [0.2, 0.25) is 0 Å². The monoisotopic (exact) mass is 353 g/mol. The van der Waals surface area contributed by atoms with Crippen LogP contribution in [-0.4, -0.2) is 31.4 Å². The molecule has 138 valence electrons. The van der Waals surface area contributed by atoms with Crippen molar-refractivity contribution in [2.75, 3.05) is 34.8 Å². The number of hydrogen-bond acceptors (Lipinski definition) is 3. The van der Waals surface area contributed by atoms with Crippen molar-refractivity contribution >= 4 is 28.9 Å². The number of carbonyl (C=O) groups excluding carboxylic acids is 2. The van der Waals surface area contributed by atoms with Crippen molar-refractivity contribution in [1.29, 1.82) is 0 Å². The van der Waals surface area contributed by atoms with E-state index in [4.69, 9.17) is 0 Å². The third-order valence-electron chi connectivity index (χ3n) is 4.41. The van der Waals surface area contributed by atoms with Crippen LogP contribution in [0.25, 0.3) is 0 Å². The zero-order chi connectivity index (χ0) is 19.1. The molecule has 0 aliphatic heterocycles. The normalized spacial score (nSPS) is 10.3. The molecule has 0 heterocycles. The lowest BCUT2D eigenvalue weighted by molar-refractivity contribution is -0.134. The van der Waals surface area contributed by atoms with Gasteiger partial charge in [0, 0.05) is 36.7 Å². The van der Waals surface area contributed by atoms with Crippen LogP contribution in [0.5, 0.6) is 0 Å². The quantitative estimate of drug-likeness (QED) is 0.803. The summed E-state index contributed by atoms with van der Waals surface area (Å²) >= 11 is 0. The standard InChI is InChI=1S/C21H27N3O2/c1-5-23(6-2)18-13-14-19(16(4)15-18)22-20(25)21(26)24(7-3)17-11-9-8-10-12-17/h8-15H,5-7H2,1-4H3,(H,22,25). The highest BCUT2D eigenvalue weighted by molar-refractivity contribution is 6.44. The Morgan fingerprint density at radius 3 is 2.08 bits per heavy atom. The molecular weight excluding hydrogens is 326 g/mol. The zero-order valence-corrected chi connectivity index (χ0v) is 16.0. The number of hydrogen-bond donors (Lipinski definition) is 1. The summed E-state index contributed by atoms with van der Waals surface area (Å²) in [6.45, 7) is 10.3. The van der Waals surface area contributed by atoms with Crippen molar-refractivity contribution in [3.63, 3.8) is 0 Å². The van der Waals surface area contributed by atoms with Crippen molar-refractivity contribution in [3.8, 4) is 0 Å². The fraction of sp³-hybridized carbons (Fsp3) is 0.333. The van der Waals surface area contributed by atoms with E-state index in [-0.39, 0.29) is 0 Å². The molecule has 2 rings (SSSR count). The molecule has 0 unspecified atom stereocenters. The number of nitrogens with zero attached hydrogens (tertiary/aromatic N) is 2. The number of rotatable bonds is 6. The Kier molecular flexibility index (Phi) is 6.78. The van der Waals surface area contributed by atoms with Gasteiger partial charge in [0.15, 0.2) is 0 Å². The number of para-hydroxylation sites is 1. The van der Waals surface area contributed by atoms with Gasteiger partial charge < -0.3 is 15.1 Å². The summed E-state index contributed by atoms with van der Waals surface area (Å²) in [6.07, 6.45) is 0. The molecule has 26 heavy (non-hydrogen) atoms. The minimum absolute atomic E-state index is 0.427. The first-order valence-electron chi connectivity index (χ1n) is 9.05. The Morgan fingerprint density at radius 2 is 1.54 bits per heavy atom. The summed E-state index contributed by atoms with van der Waals surface area (Å²) in [5.41, 5.74) is 3.40. The van der Waals surface area contributed by atoms with E-state index in [9.17, 15) is 9.59 Å². The molecule has 0 aromatic heterocycles. The molecule has 1 N–H and O–H groups in total. The number of anilines is 3. The van der Waals surface area contributed by atoms with Crippen molar-refractivity contribution in [3.05, 3.63) is 54.1 Å². The molecule has 5 nitrogen and oxygen atoms in total. The summed E-state index contributed by atoms with van der Waals surface area (Å²) in [6, 6.07) is 15.1. The van der Waals surface area contributed by atoms with Gasteiger partial charge in [-0.05, 0) is 63.6 Å². The first-order valence-corrected chi connectivity index (χ1v) is 9.05. The fourth-order valence-corrected chi connectivity index (χ4v) is 2.92. The van der Waals surface area contributed by atoms with E-state index in [1.165, 1.54) is 4.90 Å². The smallest absolute Gasteiger partial charge is 0.316 e. The average Bonchev–Trinajstić information content (AvgIpc) is 2.66. The molecule has 2 aromatic rings. The first-order chi connectivity index (χ1) is 12.5. The van der Waals surface area contributed by atoms with E-state index in [2.05, 4.69) is 24.1 Å². The van der Waals surface area contributed by atoms with Crippen molar-refractivity contribution in [2.24, 2.45) is 0 Å². The SMILES string of the molecule is CCN(CC)c1ccc(NC(=O)C(=O)N(CC)c2ccccc2)c(C)c1. The van der Waals surface area contributed by atoms with Gasteiger partial charge in [-0.1, -0.05) is 18.2 Å². The summed E-state index contributed by atoms with van der Waals surface area (Å²) in [4.78, 5) is 28.7. The maximum absolute atomic E-state index is 12.6. The Bertz CT molecular complexity index is 755. The van der Waals surface area contributed by atoms with Crippen molar-refractivity contribution in [1.82, 2.24) is 0 Å². The van der Waals surface area contributed by atoms with Gasteiger partial charge in [-0.15, -0.1) is 0 Å². The summed E-state index contributed by atoms with van der Waals surface area (Å²) in [5.74, 6) is -1.19. The molecule has 0 radical (unpaired) electrons. The van der Waals surface area contributed by atoms with E-state index < -0.39 is 11.8 Å². The summed E-state index contributed by atoms with van der Waals surface area (Å²) in [7, 11) is 0. The van der Waals surface area contributed by atoms with Crippen LogP contribution in [0.1, 0.15) is 26.3 Å². The van der Waals surface area contributed by atoms with Crippen LogP contribution >= 0.6 is 0 Å². The molecule has 0 saturated heterocycles. The van der Waals surface area contributed by atoms with Crippen molar-refractivity contribution in [2.45, 2.75) is 27.7 Å². The fourth-order valence-electron chi connectivity index (χ4n) is 2.92. The number of aryl methyl sites for hydroxylation is 1. The minimum atomic E-state index is -0.630. The van der Waals surface area contributed by atoms with Gasteiger partial charge in [-0.25, -0.2) is 0 Å². The van der Waals surface area contributed by atoms with E-state index in [1.54, 1.807) is 0 Å². The molecule has 0 spiro atoms. The molecule has 0 aliphatic carbocycles. The predicted octanol–water partition coefficient (Wildman–Crippen LogP) is 3.83. The highest BCUT2D eigenvalue weighted by Crippen LogP contribution is 2.23. The predicted molar refractivity (Wildman–Crippen MR) is 108 cm³/mol. The second-order valence-corrected chi connectivity index (χ2v) is 6.01. The Labute approximate surface area is 155 Å². The topological polar surface area (TPSA) is 52.7 Å². The van der Waals surface area contributed by atoms with Gasteiger partial charge in [-0.3, -0.25) is 9.59 Å². The lowest BCUT2D eigenvalue weighted by Gasteiger charge is -2.23. The number of carbonyl (C=O) groups is 2. The Hall–Kier alpha value is -2.82. The average molecular weight is 353 g/mol. The second kappa shape index (κ2) is 9.04.